The first kappa shape index (κ1) is 14.2. The first-order chi connectivity index (χ1) is 11.2. The van der Waals surface area contributed by atoms with Crippen molar-refractivity contribution in [2.75, 3.05) is 11.9 Å². The minimum atomic E-state index is -0.324. The summed E-state index contributed by atoms with van der Waals surface area (Å²) in [5, 5.41) is 23.0. The lowest BCUT2D eigenvalue weighted by atomic mass is 10.0. The molecule has 0 aliphatic heterocycles. The van der Waals surface area contributed by atoms with Crippen LogP contribution in [0.4, 0.5) is 5.82 Å². The molecule has 0 bridgehead atoms. The van der Waals surface area contributed by atoms with Gasteiger partial charge in [-0.15, -0.1) is 10.2 Å². The highest BCUT2D eigenvalue weighted by atomic mass is 16.3. The first-order valence-electron chi connectivity index (χ1n) is 7.90. The van der Waals surface area contributed by atoms with Crippen LogP contribution < -0.4 is 5.32 Å². The minimum absolute atomic E-state index is 0.188. The van der Waals surface area contributed by atoms with Gasteiger partial charge >= 0.3 is 0 Å². The molecule has 3 heterocycles. The second-order valence-electron chi connectivity index (χ2n) is 6.28. The third kappa shape index (κ3) is 2.57. The van der Waals surface area contributed by atoms with Crippen LogP contribution in [0.5, 0.6) is 0 Å². The Kier molecular flexibility index (Phi) is 3.49. The average molecular weight is 312 g/mol. The number of hydrogen-bond donors (Lipinski definition) is 3. The number of rotatable bonds is 4. The number of aromatic amines is 1. The number of aromatic nitrogens is 5. The summed E-state index contributed by atoms with van der Waals surface area (Å²) in [5.41, 5.74) is 1.06. The second-order valence-corrected chi connectivity index (χ2v) is 6.28. The van der Waals surface area contributed by atoms with Crippen LogP contribution in [-0.2, 0) is 7.05 Å². The molecular weight excluding hydrogens is 292 g/mol. The molecule has 3 aromatic heterocycles. The molecule has 120 valence electrons. The lowest BCUT2D eigenvalue weighted by Gasteiger charge is -2.15. The SMILES string of the molecule is Cn1cnnc1[C@H]1C[C@H](CNc2nccc3[nH]ccc23)[C@H](O)C1. The highest BCUT2D eigenvalue weighted by Crippen LogP contribution is 2.37. The minimum Gasteiger partial charge on any atom is -0.393 e. The molecule has 3 atom stereocenters. The van der Waals surface area contributed by atoms with Gasteiger partial charge in [0, 0.05) is 43.2 Å². The summed E-state index contributed by atoms with van der Waals surface area (Å²) in [6.07, 6.45) is 6.73. The lowest BCUT2D eigenvalue weighted by Crippen LogP contribution is -2.22. The fourth-order valence-electron chi connectivity index (χ4n) is 3.55. The molecule has 1 fully saturated rings. The fraction of sp³-hybridized carbons (Fsp3) is 0.438. The van der Waals surface area contributed by atoms with Gasteiger partial charge in [-0.2, -0.15) is 0 Å². The second kappa shape index (κ2) is 5.66. The van der Waals surface area contributed by atoms with Crippen LogP contribution in [0.25, 0.3) is 10.9 Å². The molecule has 0 unspecified atom stereocenters. The van der Waals surface area contributed by atoms with Crippen LogP contribution in [0.15, 0.2) is 30.9 Å². The van der Waals surface area contributed by atoms with Gasteiger partial charge in [-0.25, -0.2) is 4.98 Å². The Bertz CT molecular complexity index is 810. The smallest absolute Gasteiger partial charge is 0.135 e. The summed E-state index contributed by atoms with van der Waals surface area (Å²) in [6, 6.07) is 3.97. The largest absolute Gasteiger partial charge is 0.393 e. The van der Waals surface area contributed by atoms with Gasteiger partial charge in [0.25, 0.3) is 0 Å². The summed E-state index contributed by atoms with van der Waals surface area (Å²) < 4.78 is 1.94. The molecule has 7 heteroatoms. The zero-order chi connectivity index (χ0) is 15.8. The molecule has 1 aliphatic carbocycles. The van der Waals surface area contributed by atoms with Crippen molar-refractivity contribution in [2.45, 2.75) is 24.9 Å². The molecule has 1 aliphatic rings. The average Bonchev–Trinajstić information content (AvgIpc) is 3.25. The van der Waals surface area contributed by atoms with E-state index in [1.807, 2.05) is 29.9 Å². The Labute approximate surface area is 133 Å². The van der Waals surface area contributed by atoms with Gasteiger partial charge in [-0.3, -0.25) is 0 Å². The Hall–Kier alpha value is -2.41. The van der Waals surface area contributed by atoms with Gasteiger partial charge in [-0.1, -0.05) is 0 Å². The van der Waals surface area contributed by atoms with Crippen LogP contribution in [0.3, 0.4) is 0 Å². The molecule has 4 rings (SSSR count). The van der Waals surface area contributed by atoms with Crippen molar-refractivity contribution in [3.05, 3.63) is 36.7 Å². The number of pyridine rings is 1. The molecule has 0 spiro atoms. The Balaban J connectivity index is 1.45. The maximum atomic E-state index is 10.4. The van der Waals surface area contributed by atoms with Gasteiger partial charge in [0.1, 0.15) is 18.0 Å². The number of hydrogen-bond acceptors (Lipinski definition) is 5. The third-order valence-corrected chi connectivity index (χ3v) is 4.78. The summed E-state index contributed by atoms with van der Waals surface area (Å²) in [7, 11) is 1.95. The maximum Gasteiger partial charge on any atom is 0.135 e. The van der Waals surface area contributed by atoms with Crippen molar-refractivity contribution in [3.63, 3.8) is 0 Å². The van der Waals surface area contributed by atoms with E-state index in [2.05, 4.69) is 25.5 Å². The zero-order valence-corrected chi connectivity index (χ0v) is 13.0. The normalized spacial score (nSPS) is 24.3. The van der Waals surface area contributed by atoms with E-state index in [-0.39, 0.29) is 17.9 Å². The molecule has 7 nitrogen and oxygen atoms in total. The number of aryl methyl sites for hydroxylation is 1. The van der Waals surface area contributed by atoms with E-state index in [1.54, 1.807) is 12.5 Å². The number of nitrogens with zero attached hydrogens (tertiary/aromatic N) is 4. The van der Waals surface area contributed by atoms with Crippen LogP contribution in [-0.4, -0.2) is 42.5 Å². The molecule has 0 saturated heterocycles. The van der Waals surface area contributed by atoms with Crippen molar-refractivity contribution in [1.29, 1.82) is 0 Å². The Morgan fingerprint density at radius 2 is 2.30 bits per heavy atom. The number of H-pyrrole nitrogens is 1. The summed E-state index contributed by atoms with van der Waals surface area (Å²) in [5.74, 6) is 2.27. The Morgan fingerprint density at radius 1 is 1.39 bits per heavy atom. The van der Waals surface area contributed by atoms with Gasteiger partial charge in [0.2, 0.25) is 0 Å². The van der Waals surface area contributed by atoms with Crippen molar-refractivity contribution in [2.24, 2.45) is 13.0 Å². The third-order valence-electron chi connectivity index (χ3n) is 4.78. The monoisotopic (exact) mass is 312 g/mol. The van der Waals surface area contributed by atoms with E-state index in [1.165, 1.54) is 0 Å². The molecule has 23 heavy (non-hydrogen) atoms. The van der Waals surface area contributed by atoms with Crippen molar-refractivity contribution in [1.82, 2.24) is 24.7 Å². The molecule has 0 aromatic carbocycles. The number of anilines is 1. The van der Waals surface area contributed by atoms with Crippen LogP contribution in [0.1, 0.15) is 24.6 Å². The fourth-order valence-corrected chi connectivity index (χ4v) is 3.55. The van der Waals surface area contributed by atoms with Gasteiger partial charge in [0.15, 0.2) is 0 Å². The van der Waals surface area contributed by atoms with E-state index >= 15 is 0 Å². The topological polar surface area (TPSA) is 91.7 Å². The predicted octanol–water partition coefficient (Wildman–Crippen LogP) is 1.66. The number of fused-ring (bicyclic) bond motifs is 1. The number of aliphatic hydroxyl groups is 1. The van der Waals surface area contributed by atoms with Crippen LogP contribution in [0, 0.1) is 5.92 Å². The Morgan fingerprint density at radius 3 is 3.13 bits per heavy atom. The maximum absolute atomic E-state index is 10.4. The highest BCUT2D eigenvalue weighted by molar-refractivity contribution is 5.89. The quantitative estimate of drug-likeness (QED) is 0.681. The van der Waals surface area contributed by atoms with Crippen molar-refractivity contribution in [3.8, 4) is 0 Å². The van der Waals surface area contributed by atoms with E-state index in [0.29, 0.717) is 6.54 Å². The predicted molar refractivity (Wildman–Crippen MR) is 87.1 cm³/mol. The molecule has 3 aromatic rings. The summed E-state index contributed by atoms with van der Waals surface area (Å²) in [4.78, 5) is 7.59. The van der Waals surface area contributed by atoms with Crippen LogP contribution >= 0.6 is 0 Å². The number of aliphatic hydroxyl groups excluding tert-OH is 1. The van der Waals surface area contributed by atoms with Crippen molar-refractivity contribution >= 4 is 16.7 Å². The van der Waals surface area contributed by atoms with Crippen molar-refractivity contribution < 1.29 is 5.11 Å². The van der Waals surface area contributed by atoms with Gasteiger partial charge in [0.05, 0.1) is 11.6 Å². The number of nitrogens with one attached hydrogen (secondary N) is 2. The van der Waals surface area contributed by atoms with E-state index < -0.39 is 0 Å². The zero-order valence-electron chi connectivity index (χ0n) is 13.0. The van der Waals surface area contributed by atoms with Crippen LogP contribution in [0.2, 0.25) is 0 Å². The molecule has 0 radical (unpaired) electrons. The first-order valence-corrected chi connectivity index (χ1v) is 7.90. The van der Waals surface area contributed by atoms with Gasteiger partial charge in [-0.05, 0) is 25.0 Å². The molecular formula is C16H20N6O. The summed E-state index contributed by atoms with van der Waals surface area (Å²) >= 11 is 0. The van der Waals surface area contributed by atoms with E-state index in [9.17, 15) is 5.11 Å². The van der Waals surface area contributed by atoms with Gasteiger partial charge < -0.3 is 20.0 Å². The molecule has 0 amide bonds. The molecule has 3 N–H and O–H groups in total. The lowest BCUT2D eigenvalue weighted by molar-refractivity contribution is 0.137. The summed E-state index contributed by atoms with van der Waals surface area (Å²) in [6.45, 7) is 0.701. The standard InChI is InChI=1S/C16H20N6O/c1-22-9-20-21-16(22)10-6-11(14(23)7-10)8-19-15-12-2-4-17-13(12)3-5-18-15/h2-5,9-11,14,17,23H,6-8H2,1H3,(H,18,19)/t10-,11+,14+/m0/s1. The van der Waals surface area contributed by atoms with E-state index in [0.717, 1.165) is 35.4 Å². The van der Waals surface area contributed by atoms with E-state index in [4.69, 9.17) is 0 Å². The molecule has 1 saturated carbocycles. The highest BCUT2D eigenvalue weighted by Gasteiger charge is 2.35.